The quantitative estimate of drug-likeness (QED) is 0.136. The largest absolute Gasteiger partial charge is 1.00 e. The van der Waals surface area contributed by atoms with Crippen LogP contribution < -0.4 is 56.5 Å². The van der Waals surface area contributed by atoms with Crippen LogP contribution in [0.1, 0.15) is 0 Å². The molecule has 0 aliphatic carbocycles. The molecular formula is C8H5F3KNO3. The van der Waals surface area contributed by atoms with Crippen LogP contribution in [0.5, 0.6) is 0 Å². The van der Waals surface area contributed by atoms with Gasteiger partial charge in [-0.05, 0) is 11.8 Å². The van der Waals surface area contributed by atoms with Crippen LogP contribution in [0.15, 0.2) is 23.5 Å². The molecule has 0 aliphatic heterocycles. The van der Waals surface area contributed by atoms with Crippen LogP contribution in [0.4, 0.5) is 13.2 Å². The number of hydrogen-bond donors (Lipinski definition) is 0. The topological polar surface area (TPSA) is 73.2 Å². The van der Waals surface area contributed by atoms with E-state index in [1.807, 2.05) is 0 Å². The molecule has 0 atom stereocenters. The Morgan fingerprint density at radius 2 is 1.94 bits per heavy atom. The van der Waals surface area contributed by atoms with E-state index in [0.29, 0.717) is 6.08 Å². The number of carbonyl (C=O) groups excluding carboxylic acids is 1. The van der Waals surface area contributed by atoms with E-state index in [0.717, 1.165) is 7.11 Å². The zero-order valence-corrected chi connectivity index (χ0v) is 11.6. The standard InChI is InChI=1S/C8H6F3NO3.K/c1-15-7(14)5(4-12)2-3-6(13)8(9,10)11;/h2-3,13H,1H3;/q;+1/p-1/b5-2+,6-3+;. The number of allylic oxidation sites excluding steroid dienone is 3. The number of alkyl halides is 3. The van der Waals surface area contributed by atoms with Crippen LogP contribution in [0.3, 0.4) is 0 Å². The van der Waals surface area contributed by atoms with Gasteiger partial charge in [0.25, 0.3) is 0 Å². The van der Waals surface area contributed by atoms with Crippen molar-refractivity contribution >= 4 is 5.97 Å². The molecule has 8 heteroatoms. The molecule has 0 heterocycles. The van der Waals surface area contributed by atoms with Gasteiger partial charge in [-0.1, -0.05) is 6.08 Å². The van der Waals surface area contributed by atoms with Gasteiger partial charge in [-0.2, -0.15) is 18.4 Å². The minimum atomic E-state index is -5.02. The van der Waals surface area contributed by atoms with Crippen LogP contribution in [0.2, 0.25) is 0 Å². The third kappa shape index (κ3) is 6.29. The maximum absolute atomic E-state index is 11.7. The summed E-state index contributed by atoms with van der Waals surface area (Å²) in [7, 11) is 0.957. The van der Waals surface area contributed by atoms with Crippen molar-refractivity contribution in [2.75, 3.05) is 7.11 Å². The summed E-state index contributed by atoms with van der Waals surface area (Å²) < 4.78 is 39.1. The summed E-state index contributed by atoms with van der Waals surface area (Å²) in [5.74, 6) is -3.26. The summed E-state index contributed by atoms with van der Waals surface area (Å²) in [6.45, 7) is 0. The second-order valence-electron chi connectivity index (χ2n) is 2.21. The third-order valence-electron chi connectivity index (χ3n) is 1.21. The minimum Gasteiger partial charge on any atom is -0.869 e. The number of rotatable bonds is 2. The van der Waals surface area contributed by atoms with Gasteiger partial charge in [-0.15, -0.1) is 0 Å². The first-order valence-corrected chi connectivity index (χ1v) is 3.47. The number of nitrogens with zero attached hydrogens (tertiary/aromatic N) is 1. The van der Waals surface area contributed by atoms with Gasteiger partial charge in [0, 0.05) is 0 Å². The molecule has 4 nitrogen and oxygen atoms in total. The molecule has 0 amide bonds. The number of hydrogen-bond acceptors (Lipinski definition) is 4. The number of methoxy groups -OCH3 is 1. The molecule has 0 aliphatic rings. The molecule has 0 aromatic rings. The molecule has 82 valence electrons. The maximum atomic E-state index is 11.7. The molecule has 0 radical (unpaired) electrons. The van der Waals surface area contributed by atoms with E-state index in [1.165, 1.54) is 6.07 Å². The summed E-state index contributed by atoms with van der Waals surface area (Å²) in [6, 6.07) is 1.30. The first-order valence-electron chi connectivity index (χ1n) is 3.47. The third-order valence-corrected chi connectivity index (χ3v) is 1.21. The second kappa shape index (κ2) is 7.86. The molecule has 0 rings (SSSR count). The van der Waals surface area contributed by atoms with E-state index in [1.54, 1.807) is 0 Å². The van der Waals surface area contributed by atoms with Crippen molar-refractivity contribution in [1.82, 2.24) is 0 Å². The van der Waals surface area contributed by atoms with Gasteiger partial charge in [0.1, 0.15) is 11.6 Å². The molecule has 0 unspecified atom stereocenters. The predicted molar refractivity (Wildman–Crippen MR) is 39.9 cm³/mol. The molecule has 0 fully saturated rings. The van der Waals surface area contributed by atoms with E-state index < -0.39 is 23.5 Å². The van der Waals surface area contributed by atoms with Gasteiger partial charge in [-0.3, -0.25) is 0 Å². The first-order chi connectivity index (χ1) is 6.82. The molecule has 0 N–H and O–H groups in total. The first kappa shape index (κ1) is 18.0. The molecular weight excluding hydrogens is 254 g/mol. The van der Waals surface area contributed by atoms with Crippen molar-refractivity contribution in [3.63, 3.8) is 0 Å². The van der Waals surface area contributed by atoms with E-state index >= 15 is 0 Å². The van der Waals surface area contributed by atoms with Crippen molar-refractivity contribution < 1.29 is 79.2 Å². The van der Waals surface area contributed by atoms with E-state index in [9.17, 15) is 23.1 Å². The molecule has 0 spiro atoms. The Bertz CT molecular complexity index is 355. The summed E-state index contributed by atoms with van der Waals surface area (Å²) in [4.78, 5) is 10.7. The van der Waals surface area contributed by atoms with Crippen LogP contribution >= 0.6 is 0 Å². The Morgan fingerprint density at radius 1 is 1.44 bits per heavy atom. The van der Waals surface area contributed by atoms with Gasteiger partial charge < -0.3 is 9.84 Å². The average molecular weight is 259 g/mol. The van der Waals surface area contributed by atoms with E-state index in [-0.39, 0.29) is 57.5 Å². The smallest absolute Gasteiger partial charge is 0.869 e. The minimum absolute atomic E-state index is 0. The number of halogens is 3. The average Bonchev–Trinajstić information content (AvgIpc) is 2.16. The number of ether oxygens (including phenoxy) is 1. The van der Waals surface area contributed by atoms with Gasteiger partial charge in [-0.25, -0.2) is 4.79 Å². The van der Waals surface area contributed by atoms with Crippen LogP contribution in [0, 0.1) is 11.3 Å². The van der Waals surface area contributed by atoms with Crippen LogP contribution in [-0.4, -0.2) is 19.3 Å². The van der Waals surface area contributed by atoms with Gasteiger partial charge >= 0.3 is 63.5 Å². The molecule has 0 aromatic heterocycles. The summed E-state index contributed by atoms with van der Waals surface area (Å²) >= 11 is 0. The van der Waals surface area contributed by atoms with Gasteiger partial charge in [0.15, 0.2) is 0 Å². The van der Waals surface area contributed by atoms with Gasteiger partial charge in [0.2, 0.25) is 0 Å². The number of esters is 1. The Labute approximate surface area is 132 Å². The zero-order chi connectivity index (χ0) is 12.1. The Hall–Kier alpha value is -0.334. The summed E-state index contributed by atoms with van der Waals surface area (Å²) in [6.07, 6.45) is -4.47. The Morgan fingerprint density at radius 3 is 2.25 bits per heavy atom. The molecule has 16 heavy (non-hydrogen) atoms. The normalized spacial score (nSPS) is 12.4. The van der Waals surface area contributed by atoms with Gasteiger partial charge in [0.05, 0.1) is 7.11 Å². The fraction of sp³-hybridized carbons (Fsp3) is 0.250. The van der Waals surface area contributed by atoms with E-state index in [2.05, 4.69) is 4.74 Å². The van der Waals surface area contributed by atoms with Crippen molar-refractivity contribution in [2.24, 2.45) is 0 Å². The van der Waals surface area contributed by atoms with E-state index in [4.69, 9.17) is 5.26 Å². The Kier molecular flexibility index (Phi) is 8.87. The number of nitriles is 1. The maximum Gasteiger partial charge on any atom is 1.00 e. The van der Waals surface area contributed by atoms with Crippen molar-refractivity contribution in [3.05, 3.63) is 23.5 Å². The fourth-order valence-electron chi connectivity index (χ4n) is 0.514. The van der Waals surface area contributed by atoms with Crippen molar-refractivity contribution in [3.8, 4) is 6.07 Å². The molecule has 0 bridgehead atoms. The fourth-order valence-corrected chi connectivity index (χ4v) is 0.514. The SMILES string of the molecule is COC(=O)/C(C#N)=C/C=C(/[O-])C(F)(F)F.[K+]. The second-order valence-corrected chi connectivity index (χ2v) is 2.21. The molecule has 0 saturated carbocycles. The Balaban J connectivity index is 0. The monoisotopic (exact) mass is 259 g/mol. The van der Waals surface area contributed by atoms with Crippen LogP contribution in [0.25, 0.3) is 0 Å². The predicted octanol–water partition coefficient (Wildman–Crippen LogP) is -2.58. The molecule has 0 saturated heterocycles. The van der Waals surface area contributed by atoms with Crippen molar-refractivity contribution in [1.29, 1.82) is 5.26 Å². The number of carbonyl (C=O) groups is 1. The van der Waals surface area contributed by atoms with Crippen molar-refractivity contribution in [2.45, 2.75) is 6.18 Å². The summed E-state index contributed by atoms with van der Waals surface area (Å²) in [5, 5.41) is 18.6. The van der Waals surface area contributed by atoms with Crippen LogP contribution in [-0.2, 0) is 9.53 Å². The summed E-state index contributed by atoms with van der Waals surface area (Å²) in [5.41, 5.74) is -0.685. The molecule has 0 aromatic carbocycles. The zero-order valence-electron chi connectivity index (χ0n) is 8.46.